The first-order valence-corrected chi connectivity index (χ1v) is 6.21. The Kier molecular flexibility index (Phi) is 4.85. The van der Waals surface area contributed by atoms with Crippen LogP contribution in [0.15, 0.2) is 17.1 Å². The lowest BCUT2D eigenvalue weighted by molar-refractivity contribution is 0.285. The van der Waals surface area contributed by atoms with E-state index in [1.165, 1.54) is 0 Å². The number of rotatable bonds is 3. The van der Waals surface area contributed by atoms with E-state index in [1.807, 2.05) is 6.08 Å². The molecular weight excluding hydrogens is 347 g/mol. The van der Waals surface area contributed by atoms with Crippen LogP contribution in [0.3, 0.4) is 0 Å². The standard InChI is InChI=1S/C8H12BrIN2O/c9-8-5(10)1-2-7(12-8)6(11)3-4-13/h1-2,5-6,8,13H,3-4,11H2/t5?,6-,8?/m1/s1. The van der Waals surface area contributed by atoms with E-state index in [-0.39, 0.29) is 17.6 Å². The van der Waals surface area contributed by atoms with Gasteiger partial charge in [0.1, 0.15) is 4.95 Å². The molecule has 1 heterocycles. The van der Waals surface area contributed by atoms with Crippen molar-refractivity contribution in [1.29, 1.82) is 0 Å². The monoisotopic (exact) mass is 358 g/mol. The van der Waals surface area contributed by atoms with Gasteiger partial charge in [0.05, 0.1) is 9.64 Å². The highest BCUT2D eigenvalue weighted by Gasteiger charge is 2.19. The van der Waals surface area contributed by atoms with Crippen molar-refractivity contribution < 1.29 is 5.11 Å². The largest absolute Gasteiger partial charge is 0.396 e. The van der Waals surface area contributed by atoms with E-state index in [0.717, 1.165) is 5.71 Å². The van der Waals surface area contributed by atoms with Gasteiger partial charge in [-0.2, -0.15) is 0 Å². The molecule has 0 saturated carbocycles. The summed E-state index contributed by atoms with van der Waals surface area (Å²) in [6.07, 6.45) is 4.57. The normalized spacial score (nSPS) is 30.0. The molecule has 0 fully saturated rings. The summed E-state index contributed by atoms with van der Waals surface area (Å²) in [5.41, 5.74) is 6.67. The number of dihydropyridines is 1. The third kappa shape index (κ3) is 3.30. The lowest BCUT2D eigenvalue weighted by atomic mass is 10.1. The van der Waals surface area contributed by atoms with Crippen LogP contribution in [0, 0.1) is 0 Å². The summed E-state index contributed by atoms with van der Waals surface area (Å²) in [6.45, 7) is 0.106. The second kappa shape index (κ2) is 5.43. The highest BCUT2D eigenvalue weighted by atomic mass is 127. The molecule has 13 heavy (non-hydrogen) atoms. The predicted molar refractivity (Wildman–Crippen MR) is 66.8 cm³/mol. The summed E-state index contributed by atoms with van der Waals surface area (Å²) in [4.78, 5) is 4.49. The number of aliphatic imine (C=N–C) groups is 1. The van der Waals surface area contributed by atoms with Gasteiger partial charge in [-0.1, -0.05) is 44.6 Å². The lowest BCUT2D eigenvalue weighted by Crippen LogP contribution is -2.33. The minimum atomic E-state index is -0.148. The molecule has 0 bridgehead atoms. The summed E-state index contributed by atoms with van der Waals surface area (Å²) in [7, 11) is 0. The van der Waals surface area contributed by atoms with Crippen LogP contribution in [0.4, 0.5) is 0 Å². The van der Waals surface area contributed by atoms with Gasteiger partial charge in [-0.3, -0.25) is 4.99 Å². The molecule has 1 aliphatic heterocycles. The Hall–Kier alpha value is 0.540. The molecule has 3 nitrogen and oxygen atoms in total. The summed E-state index contributed by atoms with van der Waals surface area (Å²) >= 11 is 5.76. The zero-order valence-electron chi connectivity index (χ0n) is 7.03. The first-order chi connectivity index (χ1) is 6.15. The fraction of sp³-hybridized carbons (Fsp3) is 0.625. The van der Waals surface area contributed by atoms with Gasteiger partial charge in [0.15, 0.2) is 0 Å². The molecule has 2 unspecified atom stereocenters. The summed E-state index contributed by atoms with van der Waals surface area (Å²) in [6, 6.07) is -0.148. The Bertz CT molecular complexity index is 232. The number of hydrogen-bond acceptors (Lipinski definition) is 3. The number of nitrogens with zero attached hydrogens (tertiary/aromatic N) is 1. The maximum atomic E-state index is 8.71. The first kappa shape index (κ1) is 11.6. The van der Waals surface area contributed by atoms with Gasteiger partial charge in [-0.05, 0) is 12.5 Å². The first-order valence-electron chi connectivity index (χ1n) is 4.05. The van der Waals surface area contributed by atoms with E-state index in [4.69, 9.17) is 10.8 Å². The zero-order chi connectivity index (χ0) is 9.84. The third-order valence-corrected chi connectivity index (χ3v) is 4.67. The number of nitrogens with two attached hydrogens (primary N) is 1. The lowest BCUT2D eigenvalue weighted by Gasteiger charge is -2.19. The van der Waals surface area contributed by atoms with Crippen molar-refractivity contribution in [2.24, 2.45) is 10.7 Å². The summed E-state index contributed by atoms with van der Waals surface area (Å²) < 4.78 is 0.377. The molecule has 3 atom stereocenters. The number of aliphatic hydroxyl groups excluding tert-OH is 1. The number of hydrogen-bond donors (Lipinski definition) is 2. The molecule has 0 spiro atoms. The van der Waals surface area contributed by atoms with Gasteiger partial charge >= 0.3 is 0 Å². The molecule has 0 radical (unpaired) electrons. The van der Waals surface area contributed by atoms with E-state index >= 15 is 0 Å². The fourth-order valence-electron chi connectivity index (χ4n) is 1.05. The zero-order valence-corrected chi connectivity index (χ0v) is 10.8. The van der Waals surface area contributed by atoms with Crippen molar-refractivity contribution in [1.82, 2.24) is 0 Å². The Morgan fingerprint density at radius 1 is 1.77 bits per heavy atom. The Labute approximate surface area is 99.8 Å². The van der Waals surface area contributed by atoms with Crippen LogP contribution in [0.25, 0.3) is 0 Å². The molecule has 1 rings (SSSR count). The van der Waals surface area contributed by atoms with Crippen LogP contribution in [-0.2, 0) is 0 Å². The fourth-order valence-corrected chi connectivity index (χ4v) is 1.83. The van der Waals surface area contributed by atoms with E-state index in [9.17, 15) is 0 Å². The van der Waals surface area contributed by atoms with Crippen molar-refractivity contribution in [3.63, 3.8) is 0 Å². The molecule has 0 aliphatic carbocycles. The van der Waals surface area contributed by atoms with Crippen LogP contribution in [0.1, 0.15) is 6.42 Å². The molecule has 74 valence electrons. The van der Waals surface area contributed by atoms with Crippen LogP contribution in [0.5, 0.6) is 0 Å². The minimum Gasteiger partial charge on any atom is -0.396 e. The number of aliphatic hydroxyl groups is 1. The van der Waals surface area contributed by atoms with E-state index in [1.54, 1.807) is 0 Å². The van der Waals surface area contributed by atoms with Crippen LogP contribution < -0.4 is 5.73 Å². The van der Waals surface area contributed by atoms with Crippen molar-refractivity contribution in [2.75, 3.05) is 6.61 Å². The molecular formula is C8H12BrIN2O. The highest BCUT2D eigenvalue weighted by molar-refractivity contribution is 14.1. The van der Waals surface area contributed by atoms with E-state index in [0.29, 0.717) is 10.3 Å². The van der Waals surface area contributed by atoms with Gasteiger partial charge in [0.2, 0.25) is 0 Å². The van der Waals surface area contributed by atoms with Gasteiger partial charge in [0.25, 0.3) is 0 Å². The van der Waals surface area contributed by atoms with Gasteiger partial charge in [-0.15, -0.1) is 0 Å². The Morgan fingerprint density at radius 3 is 3.00 bits per heavy atom. The summed E-state index contributed by atoms with van der Waals surface area (Å²) in [5, 5.41) is 8.71. The topological polar surface area (TPSA) is 58.6 Å². The quantitative estimate of drug-likeness (QED) is 0.453. The molecule has 0 aromatic carbocycles. The van der Waals surface area contributed by atoms with Crippen LogP contribution in [0.2, 0.25) is 0 Å². The smallest absolute Gasteiger partial charge is 0.120 e. The maximum Gasteiger partial charge on any atom is 0.120 e. The van der Waals surface area contributed by atoms with Crippen molar-refractivity contribution in [3.8, 4) is 0 Å². The third-order valence-electron chi connectivity index (χ3n) is 1.81. The van der Waals surface area contributed by atoms with Crippen molar-refractivity contribution in [2.45, 2.75) is 21.3 Å². The number of halogens is 2. The highest BCUT2D eigenvalue weighted by Crippen LogP contribution is 2.21. The minimum absolute atomic E-state index is 0.106. The molecule has 5 heteroatoms. The van der Waals surface area contributed by atoms with Crippen molar-refractivity contribution in [3.05, 3.63) is 12.2 Å². The van der Waals surface area contributed by atoms with Crippen molar-refractivity contribution >= 4 is 44.2 Å². The Morgan fingerprint density at radius 2 is 2.46 bits per heavy atom. The molecule has 3 N–H and O–H groups in total. The SMILES string of the molecule is N[C@H](CCO)C1=NC(Br)C(I)C=C1. The number of alkyl halides is 2. The van der Waals surface area contributed by atoms with Gasteiger partial charge in [-0.25, -0.2) is 0 Å². The Balaban J connectivity index is 2.61. The van der Waals surface area contributed by atoms with Gasteiger partial charge < -0.3 is 10.8 Å². The van der Waals surface area contributed by atoms with Crippen LogP contribution in [-0.4, -0.2) is 32.3 Å². The maximum absolute atomic E-state index is 8.71. The molecule has 0 aromatic rings. The van der Waals surface area contributed by atoms with E-state index < -0.39 is 0 Å². The summed E-state index contributed by atoms with van der Waals surface area (Å²) in [5.74, 6) is 0. The predicted octanol–water partition coefficient (Wildman–Crippen LogP) is 1.23. The molecule has 1 aliphatic rings. The molecule has 0 aromatic heterocycles. The molecule has 0 saturated heterocycles. The average molecular weight is 359 g/mol. The second-order valence-corrected chi connectivity index (χ2v) is 5.23. The second-order valence-electron chi connectivity index (χ2n) is 2.85. The van der Waals surface area contributed by atoms with Crippen LogP contribution >= 0.6 is 38.5 Å². The average Bonchev–Trinajstić information content (AvgIpc) is 2.10. The molecule has 0 amide bonds. The van der Waals surface area contributed by atoms with E-state index in [2.05, 4.69) is 49.6 Å². The van der Waals surface area contributed by atoms with Gasteiger partial charge in [0, 0.05) is 12.6 Å².